The van der Waals surface area contributed by atoms with Crippen molar-refractivity contribution >= 4 is 27.4 Å². The van der Waals surface area contributed by atoms with Crippen LogP contribution < -0.4 is 10.0 Å². The maximum absolute atomic E-state index is 12.1. The molecule has 0 aliphatic heterocycles. The molecule has 2 N–H and O–H groups in total. The molecule has 0 saturated carbocycles. The molecule has 1 aromatic rings. The van der Waals surface area contributed by atoms with E-state index in [0.717, 1.165) is 13.0 Å². The van der Waals surface area contributed by atoms with Crippen LogP contribution >= 0.6 is 11.6 Å². The van der Waals surface area contributed by atoms with Crippen molar-refractivity contribution in [2.45, 2.75) is 25.2 Å². The van der Waals surface area contributed by atoms with Gasteiger partial charge in [-0.25, -0.2) is 18.1 Å². The van der Waals surface area contributed by atoms with E-state index in [9.17, 15) is 8.42 Å². The molecular formula is C13H22ClN3O3S. The van der Waals surface area contributed by atoms with Gasteiger partial charge in [0.2, 0.25) is 10.0 Å². The van der Waals surface area contributed by atoms with Crippen LogP contribution in [0.2, 0.25) is 5.02 Å². The standard InChI is InChI=1S/C13H22ClN3O3S/c1-4-5-15-13-12(14)6-11(8-16-13)21(18,19)17-7-10(2)9-20-3/h6,8,10,17H,4-5,7,9H2,1-3H3,(H,15,16). The first-order valence-electron chi connectivity index (χ1n) is 6.78. The lowest BCUT2D eigenvalue weighted by Gasteiger charge is -2.13. The second-order valence-corrected chi connectivity index (χ2v) is 7.01. The van der Waals surface area contributed by atoms with Gasteiger partial charge in [0.15, 0.2) is 0 Å². The molecule has 0 aliphatic rings. The van der Waals surface area contributed by atoms with E-state index in [1.165, 1.54) is 12.3 Å². The van der Waals surface area contributed by atoms with Gasteiger partial charge < -0.3 is 10.1 Å². The number of halogens is 1. The maximum atomic E-state index is 12.1. The average molecular weight is 336 g/mol. The zero-order chi connectivity index (χ0) is 15.9. The molecule has 1 unspecified atom stereocenters. The van der Waals surface area contributed by atoms with Crippen molar-refractivity contribution in [3.63, 3.8) is 0 Å². The van der Waals surface area contributed by atoms with Crippen molar-refractivity contribution in [3.8, 4) is 0 Å². The Morgan fingerprint density at radius 3 is 2.76 bits per heavy atom. The Kier molecular flexibility index (Phi) is 7.37. The van der Waals surface area contributed by atoms with Crippen molar-refractivity contribution in [2.24, 2.45) is 5.92 Å². The number of nitrogens with one attached hydrogen (secondary N) is 2. The molecule has 0 saturated heterocycles. The number of anilines is 1. The summed E-state index contributed by atoms with van der Waals surface area (Å²) in [6, 6.07) is 1.40. The van der Waals surface area contributed by atoms with Crippen LogP contribution in [0.3, 0.4) is 0 Å². The number of pyridine rings is 1. The van der Waals surface area contributed by atoms with Gasteiger partial charge in [-0.05, 0) is 18.4 Å². The maximum Gasteiger partial charge on any atom is 0.242 e. The van der Waals surface area contributed by atoms with E-state index in [0.29, 0.717) is 19.0 Å². The number of methoxy groups -OCH3 is 1. The summed E-state index contributed by atoms with van der Waals surface area (Å²) in [4.78, 5) is 4.11. The van der Waals surface area contributed by atoms with Gasteiger partial charge in [0.25, 0.3) is 0 Å². The van der Waals surface area contributed by atoms with Gasteiger partial charge in [0, 0.05) is 33.0 Å². The van der Waals surface area contributed by atoms with E-state index in [2.05, 4.69) is 15.0 Å². The van der Waals surface area contributed by atoms with Crippen LogP contribution in [0.15, 0.2) is 17.2 Å². The number of nitrogens with zero attached hydrogens (tertiary/aromatic N) is 1. The fourth-order valence-electron chi connectivity index (χ4n) is 1.62. The first-order valence-corrected chi connectivity index (χ1v) is 8.64. The predicted octanol–water partition coefficient (Wildman–Crippen LogP) is 2.12. The SMILES string of the molecule is CCCNc1ncc(S(=O)(=O)NCC(C)COC)cc1Cl. The fraction of sp³-hybridized carbons (Fsp3) is 0.615. The molecule has 1 atom stereocenters. The van der Waals surface area contributed by atoms with Crippen LogP contribution in [-0.2, 0) is 14.8 Å². The predicted molar refractivity (Wildman–Crippen MR) is 84.3 cm³/mol. The van der Waals surface area contributed by atoms with E-state index < -0.39 is 10.0 Å². The van der Waals surface area contributed by atoms with Crippen molar-refractivity contribution in [1.29, 1.82) is 0 Å². The summed E-state index contributed by atoms with van der Waals surface area (Å²) in [6.45, 7) is 5.43. The third kappa shape index (κ3) is 5.78. The number of rotatable bonds is 9. The fourth-order valence-corrected chi connectivity index (χ4v) is 3.05. The Labute approximate surface area is 131 Å². The van der Waals surface area contributed by atoms with Gasteiger partial charge in [-0.2, -0.15) is 0 Å². The van der Waals surface area contributed by atoms with Crippen molar-refractivity contribution in [3.05, 3.63) is 17.3 Å². The molecule has 0 spiro atoms. The molecule has 8 heteroatoms. The second kappa shape index (κ2) is 8.53. The van der Waals surface area contributed by atoms with E-state index in [1.807, 2.05) is 13.8 Å². The zero-order valence-electron chi connectivity index (χ0n) is 12.5. The lowest BCUT2D eigenvalue weighted by atomic mass is 10.2. The highest BCUT2D eigenvalue weighted by Crippen LogP contribution is 2.22. The van der Waals surface area contributed by atoms with E-state index >= 15 is 0 Å². The average Bonchev–Trinajstić information content (AvgIpc) is 2.44. The quantitative estimate of drug-likeness (QED) is 0.722. The Hall–Kier alpha value is -0.890. The zero-order valence-corrected chi connectivity index (χ0v) is 14.1. The lowest BCUT2D eigenvalue weighted by molar-refractivity contribution is 0.161. The molecular weight excluding hydrogens is 314 g/mol. The largest absolute Gasteiger partial charge is 0.384 e. The third-order valence-corrected chi connectivity index (χ3v) is 4.42. The molecule has 120 valence electrons. The normalized spacial score (nSPS) is 13.1. The van der Waals surface area contributed by atoms with Gasteiger partial charge in [-0.15, -0.1) is 0 Å². The molecule has 6 nitrogen and oxygen atoms in total. The molecule has 1 heterocycles. The molecule has 0 bridgehead atoms. The highest BCUT2D eigenvalue weighted by molar-refractivity contribution is 7.89. The van der Waals surface area contributed by atoms with Crippen molar-refractivity contribution in [1.82, 2.24) is 9.71 Å². The summed E-state index contributed by atoms with van der Waals surface area (Å²) in [5.41, 5.74) is 0. The van der Waals surface area contributed by atoms with Gasteiger partial charge in [0.1, 0.15) is 10.7 Å². The minimum Gasteiger partial charge on any atom is -0.384 e. The Morgan fingerprint density at radius 1 is 1.48 bits per heavy atom. The third-order valence-electron chi connectivity index (χ3n) is 2.74. The number of hydrogen-bond donors (Lipinski definition) is 2. The van der Waals surface area contributed by atoms with Gasteiger partial charge in [-0.3, -0.25) is 0 Å². The molecule has 21 heavy (non-hydrogen) atoms. The smallest absolute Gasteiger partial charge is 0.242 e. The van der Waals surface area contributed by atoms with E-state index in [4.69, 9.17) is 16.3 Å². The Morgan fingerprint density at radius 2 is 2.19 bits per heavy atom. The second-order valence-electron chi connectivity index (χ2n) is 4.84. The Bertz CT molecular complexity index is 552. The summed E-state index contributed by atoms with van der Waals surface area (Å²) < 4.78 is 31.8. The lowest BCUT2D eigenvalue weighted by Crippen LogP contribution is -2.30. The molecule has 0 amide bonds. The van der Waals surface area contributed by atoms with E-state index in [1.54, 1.807) is 7.11 Å². The summed E-state index contributed by atoms with van der Waals surface area (Å²) in [6.07, 6.45) is 2.23. The highest BCUT2D eigenvalue weighted by Gasteiger charge is 2.17. The van der Waals surface area contributed by atoms with Crippen LogP contribution in [0.5, 0.6) is 0 Å². The molecule has 0 fully saturated rings. The van der Waals surface area contributed by atoms with Gasteiger partial charge in [0.05, 0.1) is 5.02 Å². The summed E-state index contributed by atoms with van der Waals surface area (Å²) in [5.74, 6) is 0.573. The van der Waals surface area contributed by atoms with Crippen LogP contribution in [0.1, 0.15) is 20.3 Å². The monoisotopic (exact) mass is 335 g/mol. The minimum absolute atomic E-state index is 0.0548. The minimum atomic E-state index is -3.61. The number of hydrogen-bond acceptors (Lipinski definition) is 5. The summed E-state index contributed by atoms with van der Waals surface area (Å²) in [5, 5.41) is 3.32. The van der Waals surface area contributed by atoms with Crippen LogP contribution in [0, 0.1) is 5.92 Å². The summed E-state index contributed by atoms with van der Waals surface area (Å²) >= 11 is 6.05. The molecule has 1 aromatic heterocycles. The summed E-state index contributed by atoms with van der Waals surface area (Å²) in [7, 11) is -2.03. The van der Waals surface area contributed by atoms with Gasteiger partial charge in [-0.1, -0.05) is 25.4 Å². The van der Waals surface area contributed by atoms with Crippen molar-refractivity contribution < 1.29 is 13.2 Å². The number of ether oxygens (including phenoxy) is 1. The van der Waals surface area contributed by atoms with Crippen molar-refractivity contribution in [2.75, 3.05) is 32.1 Å². The van der Waals surface area contributed by atoms with Crippen LogP contribution in [0.4, 0.5) is 5.82 Å². The number of sulfonamides is 1. The first-order chi connectivity index (χ1) is 9.90. The topological polar surface area (TPSA) is 80.3 Å². The highest BCUT2D eigenvalue weighted by atomic mass is 35.5. The Balaban J connectivity index is 2.77. The van der Waals surface area contributed by atoms with Crippen LogP contribution in [0.25, 0.3) is 0 Å². The van der Waals surface area contributed by atoms with Gasteiger partial charge >= 0.3 is 0 Å². The molecule has 0 aromatic carbocycles. The molecule has 0 radical (unpaired) electrons. The first kappa shape index (κ1) is 18.2. The van der Waals surface area contributed by atoms with E-state index in [-0.39, 0.29) is 15.8 Å². The number of aromatic nitrogens is 1. The van der Waals surface area contributed by atoms with Crippen LogP contribution in [-0.4, -0.2) is 40.2 Å². The molecule has 1 rings (SSSR count). The molecule has 0 aliphatic carbocycles.